The lowest BCUT2D eigenvalue weighted by Gasteiger charge is -2.29. The average molecular weight is 350 g/mol. The van der Waals surface area contributed by atoms with Gasteiger partial charge in [-0.3, -0.25) is 14.8 Å². The largest absolute Gasteiger partial charge is 0.464 e. The molecule has 0 saturated carbocycles. The van der Waals surface area contributed by atoms with E-state index in [-0.39, 0.29) is 18.3 Å². The van der Waals surface area contributed by atoms with Crippen molar-refractivity contribution in [3.05, 3.63) is 54.1 Å². The summed E-state index contributed by atoms with van der Waals surface area (Å²) in [6, 6.07) is 11.2. The number of cyclic esters (lactones) is 1. The number of nitrogens with zero attached hydrogens (tertiary/aromatic N) is 3. The summed E-state index contributed by atoms with van der Waals surface area (Å²) in [5.41, 5.74) is 1.67. The van der Waals surface area contributed by atoms with Gasteiger partial charge in [0, 0.05) is 11.8 Å². The Morgan fingerprint density at radius 3 is 2.88 bits per heavy atom. The van der Waals surface area contributed by atoms with Crippen LogP contribution in [0.5, 0.6) is 0 Å². The van der Waals surface area contributed by atoms with Crippen LogP contribution in [0.25, 0.3) is 10.8 Å². The molecule has 3 aromatic rings. The summed E-state index contributed by atoms with van der Waals surface area (Å²) in [6.45, 7) is 2.26. The van der Waals surface area contributed by atoms with E-state index in [2.05, 4.69) is 15.2 Å². The molecule has 132 valence electrons. The molecule has 1 N–H and O–H groups in total. The van der Waals surface area contributed by atoms with Gasteiger partial charge in [0.2, 0.25) is 5.91 Å². The van der Waals surface area contributed by atoms with Gasteiger partial charge in [-0.1, -0.05) is 36.4 Å². The number of amides is 1. The highest BCUT2D eigenvalue weighted by Crippen LogP contribution is 2.34. The molecule has 26 heavy (non-hydrogen) atoms. The van der Waals surface area contributed by atoms with Gasteiger partial charge in [-0.15, -0.1) is 0 Å². The van der Waals surface area contributed by atoms with Crippen LogP contribution in [0.2, 0.25) is 0 Å². The van der Waals surface area contributed by atoms with Crippen molar-refractivity contribution < 1.29 is 14.3 Å². The molecular weight excluding hydrogens is 332 g/mol. The number of H-pyrrole nitrogens is 1. The van der Waals surface area contributed by atoms with Crippen LogP contribution >= 0.6 is 0 Å². The fourth-order valence-electron chi connectivity index (χ4n) is 3.40. The van der Waals surface area contributed by atoms with Crippen LogP contribution in [0.4, 0.5) is 5.69 Å². The Balaban J connectivity index is 1.84. The summed E-state index contributed by atoms with van der Waals surface area (Å²) in [7, 11) is 0. The third-order valence-corrected chi connectivity index (χ3v) is 4.61. The first-order chi connectivity index (χ1) is 12.6. The standard InChI is InChI=1S/C19H18N4O3/c1-12-6-7-13-4-2-3-5-14(13)18(12)23(15-8-9-26-19(15)25)17(24)10-16-20-11-21-22-16/h2-7,11,15H,8-10H2,1H3,(H,20,21,22). The summed E-state index contributed by atoms with van der Waals surface area (Å²) in [4.78, 5) is 31.1. The lowest BCUT2D eigenvalue weighted by molar-refractivity contribution is -0.140. The van der Waals surface area contributed by atoms with E-state index in [0.29, 0.717) is 18.9 Å². The number of fused-ring (bicyclic) bond motifs is 1. The number of hydrogen-bond acceptors (Lipinski definition) is 5. The van der Waals surface area contributed by atoms with Crippen molar-refractivity contribution in [2.45, 2.75) is 25.8 Å². The average Bonchev–Trinajstić information content (AvgIpc) is 3.29. The second-order valence-corrected chi connectivity index (χ2v) is 6.30. The SMILES string of the molecule is Cc1ccc2ccccc2c1N(C(=O)Cc1ncn[nH]1)C1CCOC1=O. The number of benzene rings is 2. The number of carbonyl (C=O) groups excluding carboxylic acids is 2. The van der Waals surface area contributed by atoms with Gasteiger partial charge in [-0.2, -0.15) is 5.10 Å². The van der Waals surface area contributed by atoms with Crippen molar-refractivity contribution >= 4 is 28.3 Å². The molecule has 1 aliphatic rings. The Kier molecular flexibility index (Phi) is 4.12. The number of aryl methyl sites for hydroxylation is 1. The minimum atomic E-state index is -0.630. The zero-order chi connectivity index (χ0) is 18.1. The predicted molar refractivity (Wildman–Crippen MR) is 95.6 cm³/mol. The quantitative estimate of drug-likeness (QED) is 0.729. The van der Waals surface area contributed by atoms with E-state index in [0.717, 1.165) is 22.0 Å². The number of esters is 1. The Labute approximate surface area is 150 Å². The molecule has 1 aliphatic heterocycles. The van der Waals surface area contributed by atoms with Crippen LogP contribution in [-0.2, 0) is 20.7 Å². The van der Waals surface area contributed by atoms with Crippen molar-refractivity contribution in [2.24, 2.45) is 0 Å². The minimum Gasteiger partial charge on any atom is -0.464 e. The molecule has 1 amide bonds. The van der Waals surface area contributed by atoms with E-state index in [4.69, 9.17) is 4.74 Å². The third kappa shape index (κ3) is 2.81. The van der Waals surface area contributed by atoms with Gasteiger partial charge in [-0.25, -0.2) is 9.78 Å². The molecule has 1 aromatic heterocycles. The van der Waals surface area contributed by atoms with Gasteiger partial charge < -0.3 is 4.74 Å². The maximum atomic E-state index is 13.2. The van der Waals surface area contributed by atoms with Crippen molar-refractivity contribution in [3.8, 4) is 0 Å². The highest BCUT2D eigenvalue weighted by atomic mass is 16.5. The fraction of sp³-hybridized carbons (Fsp3) is 0.263. The molecule has 2 aromatic carbocycles. The van der Waals surface area contributed by atoms with E-state index in [1.54, 1.807) is 4.90 Å². The molecule has 0 spiro atoms. The molecule has 7 nitrogen and oxygen atoms in total. The first-order valence-corrected chi connectivity index (χ1v) is 8.46. The number of ether oxygens (including phenoxy) is 1. The second-order valence-electron chi connectivity index (χ2n) is 6.30. The van der Waals surface area contributed by atoms with Crippen molar-refractivity contribution in [3.63, 3.8) is 0 Å². The summed E-state index contributed by atoms with van der Waals surface area (Å²) < 4.78 is 5.14. The highest BCUT2D eigenvalue weighted by Gasteiger charge is 2.37. The molecule has 2 heterocycles. The lowest BCUT2D eigenvalue weighted by atomic mass is 10.0. The van der Waals surface area contributed by atoms with Gasteiger partial charge in [0.05, 0.1) is 18.7 Å². The smallest absolute Gasteiger partial charge is 0.329 e. The van der Waals surface area contributed by atoms with Gasteiger partial charge in [0.1, 0.15) is 18.2 Å². The third-order valence-electron chi connectivity index (χ3n) is 4.61. The molecule has 7 heteroatoms. The van der Waals surface area contributed by atoms with Crippen LogP contribution in [0.15, 0.2) is 42.7 Å². The number of nitrogens with one attached hydrogen (secondary N) is 1. The van der Waals surface area contributed by atoms with Crippen molar-refractivity contribution in [2.75, 3.05) is 11.5 Å². The Bertz CT molecular complexity index is 968. The molecular formula is C19H18N4O3. The highest BCUT2D eigenvalue weighted by molar-refractivity contribution is 6.08. The van der Waals surface area contributed by atoms with Crippen LogP contribution in [0.3, 0.4) is 0 Å². The lowest BCUT2D eigenvalue weighted by Crippen LogP contribution is -2.44. The molecule has 0 radical (unpaired) electrons. The van der Waals surface area contributed by atoms with Gasteiger partial charge in [0.15, 0.2) is 0 Å². The van der Waals surface area contributed by atoms with Gasteiger partial charge >= 0.3 is 5.97 Å². The van der Waals surface area contributed by atoms with Crippen LogP contribution < -0.4 is 4.90 Å². The summed E-state index contributed by atoms with van der Waals surface area (Å²) in [6.07, 6.45) is 1.87. The number of aromatic nitrogens is 3. The van der Waals surface area contributed by atoms with Crippen LogP contribution in [-0.4, -0.2) is 39.7 Å². The maximum Gasteiger partial charge on any atom is 0.329 e. The first kappa shape index (κ1) is 16.3. The predicted octanol–water partition coefficient (Wildman–Crippen LogP) is 2.16. The van der Waals surface area contributed by atoms with Gasteiger partial charge in [0.25, 0.3) is 0 Å². The molecule has 4 rings (SSSR count). The van der Waals surface area contributed by atoms with Gasteiger partial charge in [-0.05, 0) is 17.9 Å². The number of rotatable bonds is 4. The van der Waals surface area contributed by atoms with E-state index in [1.165, 1.54) is 6.33 Å². The number of hydrogen-bond donors (Lipinski definition) is 1. The first-order valence-electron chi connectivity index (χ1n) is 8.46. The number of anilines is 1. The number of aromatic amines is 1. The number of carbonyl (C=O) groups is 2. The molecule has 1 unspecified atom stereocenters. The Morgan fingerprint density at radius 2 is 2.15 bits per heavy atom. The van der Waals surface area contributed by atoms with E-state index >= 15 is 0 Å². The molecule has 1 atom stereocenters. The summed E-state index contributed by atoms with van der Waals surface area (Å²) in [5.74, 6) is -0.127. The molecule has 1 saturated heterocycles. The van der Waals surface area contributed by atoms with E-state index in [9.17, 15) is 9.59 Å². The topological polar surface area (TPSA) is 88.2 Å². The van der Waals surface area contributed by atoms with E-state index < -0.39 is 6.04 Å². The van der Waals surface area contributed by atoms with Crippen molar-refractivity contribution in [1.29, 1.82) is 0 Å². The Hall–Kier alpha value is -3.22. The Morgan fingerprint density at radius 1 is 1.31 bits per heavy atom. The molecule has 0 aliphatic carbocycles. The van der Waals surface area contributed by atoms with E-state index in [1.807, 2.05) is 43.3 Å². The van der Waals surface area contributed by atoms with Crippen LogP contribution in [0, 0.1) is 6.92 Å². The zero-order valence-corrected chi connectivity index (χ0v) is 14.3. The molecule has 0 bridgehead atoms. The fourth-order valence-corrected chi connectivity index (χ4v) is 3.40. The minimum absolute atomic E-state index is 0.0342. The summed E-state index contributed by atoms with van der Waals surface area (Å²) >= 11 is 0. The van der Waals surface area contributed by atoms with Crippen LogP contribution in [0.1, 0.15) is 17.8 Å². The monoisotopic (exact) mass is 350 g/mol. The molecule has 1 fully saturated rings. The normalized spacial score (nSPS) is 16.7. The summed E-state index contributed by atoms with van der Waals surface area (Å²) in [5, 5.41) is 8.43. The van der Waals surface area contributed by atoms with Crippen molar-refractivity contribution in [1.82, 2.24) is 15.2 Å². The second kappa shape index (κ2) is 6.59. The zero-order valence-electron chi connectivity index (χ0n) is 14.3. The maximum absolute atomic E-state index is 13.2.